The monoisotopic (exact) mass is 400 g/mol. The Kier molecular flexibility index (Phi) is 4.27. The molecule has 0 aliphatic rings. The molecule has 0 bridgehead atoms. The molecule has 0 radical (unpaired) electrons. The Bertz CT molecular complexity index is 1280. The maximum atomic E-state index is 14.4. The van der Waals surface area contributed by atoms with Crippen LogP contribution in [0.15, 0.2) is 54.9 Å². The molecule has 2 aromatic carbocycles. The van der Waals surface area contributed by atoms with Crippen LogP contribution in [0.3, 0.4) is 0 Å². The van der Waals surface area contributed by atoms with Crippen LogP contribution in [0.5, 0.6) is 0 Å². The average molecular weight is 400 g/mol. The van der Waals surface area contributed by atoms with E-state index < -0.39 is 23.5 Å². The molecular weight excluding hydrogens is 391 g/mol. The molecule has 0 spiro atoms. The van der Waals surface area contributed by atoms with Crippen molar-refractivity contribution in [1.82, 2.24) is 14.4 Å². The predicted octanol–water partition coefficient (Wildman–Crippen LogP) is 5.23. The number of hydrogen-bond donors (Lipinski definition) is 0. The van der Waals surface area contributed by atoms with Gasteiger partial charge in [0.2, 0.25) is 5.78 Å². The molecule has 0 saturated heterocycles. The van der Waals surface area contributed by atoms with Gasteiger partial charge in [-0.25, -0.2) is 18.7 Å². The Hall–Kier alpha value is -3.80. The lowest BCUT2D eigenvalue weighted by Crippen LogP contribution is -2.08. The van der Waals surface area contributed by atoms with Gasteiger partial charge >= 0.3 is 6.18 Å². The van der Waals surface area contributed by atoms with Crippen LogP contribution < -0.4 is 0 Å². The minimum absolute atomic E-state index is 0.0417. The number of aromatic nitrogens is 3. The average Bonchev–Trinajstić information content (AvgIpc) is 3.11. The van der Waals surface area contributed by atoms with Crippen LogP contribution in [0.1, 0.15) is 11.3 Å². The Morgan fingerprint density at radius 3 is 2.45 bits per heavy atom. The van der Waals surface area contributed by atoms with Crippen LogP contribution in [0, 0.1) is 23.0 Å². The van der Waals surface area contributed by atoms with Crippen molar-refractivity contribution >= 4 is 5.78 Å². The van der Waals surface area contributed by atoms with E-state index in [9.17, 15) is 27.2 Å². The van der Waals surface area contributed by atoms with E-state index >= 15 is 0 Å². The molecule has 2 heterocycles. The van der Waals surface area contributed by atoms with E-state index in [1.165, 1.54) is 35.0 Å². The normalized spacial score (nSPS) is 11.6. The van der Waals surface area contributed by atoms with Crippen molar-refractivity contribution in [3.05, 3.63) is 77.8 Å². The number of rotatable bonds is 2. The van der Waals surface area contributed by atoms with Gasteiger partial charge in [-0.2, -0.15) is 18.4 Å². The van der Waals surface area contributed by atoms with Gasteiger partial charge < -0.3 is 0 Å². The lowest BCUT2D eigenvalue weighted by Gasteiger charge is -2.08. The first-order chi connectivity index (χ1) is 13.8. The molecule has 0 aliphatic carbocycles. The summed E-state index contributed by atoms with van der Waals surface area (Å²) in [5.74, 6) is -1.44. The number of benzene rings is 2. The zero-order valence-corrected chi connectivity index (χ0v) is 14.4. The first-order valence-electron chi connectivity index (χ1n) is 8.19. The highest BCUT2D eigenvalue weighted by Crippen LogP contribution is 2.32. The van der Waals surface area contributed by atoms with Crippen LogP contribution >= 0.6 is 0 Å². The maximum Gasteiger partial charge on any atom is 0.433 e. The number of nitriles is 1. The third kappa shape index (κ3) is 3.40. The van der Waals surface area contributed by atoms with Crippen molar-refractivity contribution < 1.29 is 22.0 Å². The van der Waals surface area contributed by atoms with E-state index in [0.717, 1.165) is 24.3 Å². The fraction of sp³-hybridized carbons (Fsp3) is 0.0500. The largest absolute Gasteiger partial charge is 0.433 e. The second-order valence-corrected chi connectivity index (χ2v) is 6.14. The van der Waals surface area contributed by atoms with Gasteiger partial charge in [0.1, 0.15) is 17.3 Å². The number of imidazole rings is 1. The lowest BCUT2D eigenvalue weighted by molar-refractivity contribution is -0.141. The standard InChI is InChI=1S/C20H9F5N4/c21-13-2-3-14(12(7-13)9-26)15-8-11(1-4-16(15)22)17-10-29-6-5-18(20(23,24)25)28-19(29)27-17/h1-8,10H. The van der Waals surface area contributed by atoms with Crippen molar-refractivity contribution in [2.75, 3.05) is 0 Å². The SMILES string of the molecule is N#Cc1cc(F)ccc1-c1cc(-c2cn3ccc(C(F)(F)F)nc3n2)ccc1F. The van der Waals surface area contributed by atoms with E-state index in [2.05, 4.69) is 9.97 Å². The van der Waals surface area contributed by atoms with Crippen molar-refractivity contribution in [1.29, 1.82) is 5.26 Å². The highest BCUT2D eigenvalue weighted by Gasteiger charge is 2.32. The molecule has 4 aromatic rings. The zero-order valence-electron chi connectivity index (χ0n) is 14.4. The Morgan fingerprint density at radius 1 is 0.931 bits per heavy atom. The third-order valence-electron chi connectivity index (χ3n) is 4.27. The zero-order chi connectivity index (χ0) is 20.8. The molecule has 2 aromatic heterocycles. The van der Waals surface area contributed by atoms with Gasteiger partial charge in [-0.3, -0.25) is 4.40 Å². The maximum absolute atomic E-state index is 14.4. The number of nitrogens with zero attached hydrogens (tertiary/aromatic N) is 4. The fourth-order valence-electron chi connectivity index (χ4n) is 2.90. The summed E-state index contributed by atoms with van der Waals surface area (Å²) in [6, 6.07) is 9.99. The summed E-state index contributed by atoms with van der Waals surface area (Å²) in [5.41, 5.74) is -0.235. The van der Waals surface area contributed by atoms with Crippen molar-refractivity contribution in [2.45, 2.75) is 6.18 Å². The van der Waals surface area contributed by atoms with Gasteiger partial charge in [0.05, 0.1) is 17.3 Å². The second-order valence-electron chi connectivity index (χ2n) is 6.14. The highest BCUT2D eigenvalue weighted by atomic mass is 19.4. The molecule has 29 heavy (non-hydrogen) atoms. The first-order valence-corrected chi connectivity index (χ1v) is 8.19. The number of alkyl halides is 3. The molecule has 0 atom stereocenters. The van der Waals surface area contributed by atoms with Crippen LogP contribution in [0.4, 0.5) is 22.0 Å². The van der Waals surface area contributed by atoms with Crippen LogP contribution in [0.25, 0.3) is 28.2 Å². The quantitative estimate of drug-likeness (QED) is 0.433. The molecule has 0 fully saturated rings. The molecular formula is C20H9F5N4. The summed E-state index contributed by atoms with van der Waals surface area (Å²) in [5, 5.41) is 9.21. The molecule has 9 heteroatoms. The topological polar surface area (TPSA) is 54.0 Å². The van der Waals surface area contributed by atoms with E-state index in [-0.39, 0.29) is 28.2 Å². The summed E-state index contributed by atoms with van der Waals surface area (Å²) in [7, 11) is 0. The first kappa shape index (κ1) is 18.6. The van der Waals surface area contributed by atoms with Gasteiger partial charge in [-0.1, -0.05) is 6.07 Å². The highest BCUT2D eigenvalue weighted by molar-refractivity contribution is 5.76. The second kappa shape index (κ2) is 6.67. The minimum Gasteiger partial charge on any atom is -0.290 e. The van der Waals surface area contributed by atoms with Crippen molar-refractivity contribution in [2.24, 2.45) is 0 Å². The van der Waals surface area contributed by atoms with E-state index in [4.69, 9.17) is 0 Å². The number of hydrogen-bond acceptors (Lipinski definition) is 3. The third-order valence-corrected chi connectivity index (χ3v) is 4.27. The van der Waals surface area contributed by atoms with Crippen LogP contribution in [-0.4, -0.2) is 14.4 Å². The molecule has 144 valence electrons. The van der Waals surface area contributed by atoms with Gasteiger partial charge in [0.25, 0.3) is 0 Å². The summed E-state index contributed by atoms with van der Waals surface area (Å²) in [6.45, 7) is 0. The van der Waals surface area contributed by atoms with Gasteiger partial charge in [-0.05, 0) is 36.4 Å². The van der Waals surface area contributed by atoms with Crippen molar-refractivity contribution in [3.8, 4) is 28.5 Å². The molecule has 0 aliphatic heterocycles. The summed E-state index contributed by atoms with van der Waals surface area (Å²) < 4.78 is 67.6. The number of halogens is 5. The van der Waals surface area contributed by atoms with E-state index in [1.807, 2.05) is 6.07 Å². The van der Waals surface area contributed by atoms with Gasteiger partial charge in [-0.15, -0.1) is 0 Å². The molecule has 0 saturated carbocycles. The smallest absolute Gasteiger partial charge is 0.290 e. The van der Waals surface area contributed by atoms with Crippen molar-refractivity contribution in [3.63, 3.8) is 0 Å². The summed E-state index contributed by atoms with van der Waals surface area (Å²) in [6.07, 6.45) is -1.97. The van der Waals surface area contributed by atoms with Gasteiger partial charge in [0, 0.05) is 29.1 Å². The molecule has 0 amide bonds. The van der Waals surface area contributed by atoms with E-state index in [0.29, 0.717) is 5.56 Å². The molecule has 4 rings (SSSR count). The molecule has 0 unspecified atom stereocenters. The number of fused-ring (bicyclic) bond motifs is 1. The van der Waals surface area contributed by atoms with Crippen LogP contribution in [0.2, 0.25) is 0 Å². The Balaban J connectivity index is 1.83. The minimum atomic E-state index is -4.60. The Morgan fingerprint density at radius 2 is 1.72 bits per heavy atom. The van der Waals surface area contributed by atoms with Gasteiger partial charge in [0.15, 0.2) is 0 Å². The summed E-state index contributed by atoms with van der Waals surface area (Å²) >= 11 is 0. The van der Waals surface area contributed by atoms with Crippen LogP contribution in [-0.2, 0) is 6.18 Å². The fourth-order valence-corrected chi connectivity index (χ4v) is 2.90. The predicted molar refractivity (Wildman–Crippen MR) is 93.5 cm³/mol. The Labute approximate surface area is 160 Å². The molecule has 0 N–H and O–H groups in total. The van der Waals surface area contributed by atoms with E-state index in [1.54, 1.807) is 0 Å². The summed E-state index contributed by atoms with van der Waals surface area (Å²) in [4.78, 5) is 7.58. The lowest BCUT2D eigenvalue weighted by atomic mass is 9.97. The molecule has 4 nitrogen and oxygen atoms in total.